The summed E-state index contributed by atoms with van der Waals surface area (Å²) >= 11 is 0. The first-order chi connectivity index (χ1) is 28.0. The first-order valence-corrected chi connectivity index (χ1v) is 20.9. The number of aliphatic hydroxyl groups is 1. The van der Waals surface area contributed by atoms with Crippen LogP contribution in [-0.4, -0.2) is 30.8 Å². The van der Waals surface area contributed by atoms with Crippen LogP contribution in [0.3, 0.4) is 0 Å². The third kappa shape index (κ3) is 10.8. The number of carbonyl (C=O) groups excluding carboxylic acids is 1. The van der Waals surface area contributed by atoms with E-state index in [4.69, 9.17) is 14.4 Å². The Bertz CT molecular complexity index is 2520. The number of ketones is 1. The minimum atomic E-state index is 0. The number of aromatic nitrogens is 4. The van der Waals surface area contributed by atoms with Gasteiger partial charge in [-0.15, -0.1) is 53.6 Å². The molecule has 1 N–H and O–H groups in total. The molecule has 0 aliphatic heterocycles. The second kappa shape index (κ2) is 20.8. The molecule has 1 radical (unpaired) electrons. The quantitative estimate of drug-likeness (QED) is 0.0658. The molecule has 4 aromatic heterocycles. The molecule has 0 bridgehead atoms. The molecule has 7 rings (SSSR count). The maximum absolute atomic E-state index is 11.7. The molecule has 3 aromatic carbocycles. The van der Waals surface area contributed by atoms with E-state index in [1.54, 1.807) is 0 Å². The summed E-state index contributed by atoms with van der Waals surface area (Å²) in [5.41, 5.74) is 10.4. The molecular formula is C51H56IrN4O3-2. The van der Waals surface area contributed by atoms with Crippen molar-refractivity contribution in [1.82, 2.24) is 19.9 Å². The van der Waals surface area contributed by atoms with Gasteiger partial charge in [-0.3, -0.25) is 9.78 Å². The van der Waals surface area contributed by atoms with E-state index in [0.29, 0.717) is 11.6 Å². The number of benzene rings is 3. The van der Waals surface area contributed by atoms with E-state index in [1.165, 1.54) is 17.2 Å². The number of fused-ring (bicyclic) bond motifs is 4. The van der Waals surface area contributed by atoms with Gasteiger partial charge < -0.3 is 14.5 Å². The Kier molecular flexibility index (Phi) is 15.9. The van der Waals surface area contributed by atoms with Gasteiger partial charge in [-0.1, -0.05) is 83.7 Å². The number of pyridine rings is 2. The third-order valence-electron chi connectivity index (χ3n) is 11.1. The van der Waals surface area contributed by atoms with Gasteiger partial charge in [-0.2, -0.15) is 0 Å². The Balaban J connectivity index is 0.000000355. The molecule has 0 saturated heterocycles. The van der Waals surface area contributed by atoms with Crippen LogP contribution in [0.5, 0.6) is 0 Å². The van der Waals surface area contributed by atoms with Crippen LogP contribution in [0.1, 0.15) is 108 Å². The Morgan fingerprint density at radius 1 is 0.831 bits per heavy atom. The van der Waals surface area contributed by atoms with E-state index in [1.807, 2.05) is 71.1 Å². The molecule has 0 amide bonds. The fourth-order valence-electron chi connectivity index (χ4n) is 7.46. The van der Waals surface area contributed by atoms with Gasteiger partial charge in [-0.05, 0) is 91.8 Å². The molecule has 7 nitrogen and oxygen atoms in total. The van der Waals surface area contributed by atoms with Crippen molar-refractivity contribution in [3.8, 4) is 22.5 Å². The standard InChI is InChI=1S/C38H32N4O.C13H24O2.Ir/c1-23(2)28-15-17-30-34(21-28)41-35(12-8-9-26-14-18-33(39-22-26)27-10-6-5-7-11-27)42-36(30)32-20-24(3)19-31-29-16-13-25(4)40-38(29)43-37(31)32;1-5-10(6-2)12(14)9-13(15)11(7-3)8-4;/h5-7,10,13-19,21-23H,8-9,12H2,1-4H3;9-11,14H,5-8H2,1-4H3;/q-2;;/b;12-9-;. The Morgan fingerprint density at radius 3 is 2.24 bits per heavy atom. The second-order valence-corrected chi connectivity index (χ2v) is 15.6. The Morgan fingerprint density at radius 2 is 1.58 bits per heavy atom. The predicted octanol–water partition coefficient (Wildman–Crippen LogP) is 13.0. The van der Waals surface area contributed by atoms with Crippen molar-refractivity contribution in [2.75, 3.05) is 0 Å². The van der Waals surface area contributed by atoms with Gasteiger partial charge in [0.05, 0.1) is 16.9 Å². The maximum Gasteiger partial charge on any atom is 0.216 e. The molecule has 4 heterocycles. The first kappa shape index (κ1) is 45.1. The van der Waals surface area contributed by atoms with Crippen LogP contribution in [-0.2, 0) is 37.7 Å². The van der Waals surface area contributed by atoms with Crippen LogP contribution in [0.2, 0.25) is 0 Å². The van der Waals surface area contributed by atoms with Crippen LogP contribution in [0.4, 0.5) is 0 Å². The summed E-state index contributed by atoms with van der Waals surface area (Å²) in [6.45, 7) is 16.5. The number of rotatable bonds is 14. The molecular weight excluding hydrogens is 909 g/mol. The summed E-state index contributed by atoms with van der Waals surface area (Å²) in [4.78, 5) is 31.3. The molecule has 0 saturated carbocycles. The van der Waals surface area contributed by atoms with E-state index in [0.717, 1.165) is 112 Å². The SMILES string of the molecule is CCC(CC)C(=O)/C=C(\O)C(CC)CC.Cc1[c-]c(-c2nc(CCCc3ccc(-c4[c-]cccc4)nc3)nc3cc(C(C)C)ccc23)c2oc3nc(C)ccc3c2c1.[Ir]. The van der Waals surface area contributed by atoms with E-state index < -0.39 is 0 Å². The minimum absolute atomic E-state index is 0. The fraction of sp³-hybridized carbons (Fsp3) is 0.353. The monoisotopic (exact) mass is 965 g/mol. The number of hydrogen-bond acceptors (Lipinski definition) is 7. The molecule has 309 valence electrons. The molecule has 0 fully saturated rings. The minimum Gasteiger partial charge on any atom is -0.512 e. The zero-order valence-electron chi connectivity index (χ0n) is 35.7. The van der Waals surface area contributed by atoms with Gasteiger partial charge in [0, 0.05) is 67.4 Å². The molecule has 0 unspecified atom stereocenters. The van der Waals surface area contributed by atoms with Gasteiger partial charge >= 0.3 is 0 Å². The molecule has 7 aromatic rings. The number of nitrogens with zero attached hydrogens (tertiary/aromatic N) is 4. The Labute approximate surface area is 363 Å². The zero-order valence-corrected chi connectivity index (χ0v) is 38.0. The van der Waals surface area contributed by atoms with Crippen LogP contribution in [0, 0.1) is 37.8 Å². The third-order valence-corrected chi connectivity index (χ3v) is 11.1. The number of aryl methyl sites for hydroxylation is 4. The largest absolute Gasteiger partial charge is 0.512 e. The average Bonchev–Trinajstić information content (AvgIpc) is 3.59. The number of furan rings is 1. The van der Waals surface area contributed by atoms with Crippen LogP contribution in [0.15, 0.2) is 95.2 Å². The fourth-order valence-corrected chi connectivity index (χ4v) is 7.46. The van der Waals surface area contributed by atoms with Gasteiger partial charge in [0.15, 0.2) is 5.78 Å². The molecule has 0 aliphatic carbocycles. The number of hydrogen-bond donors (Lipinski definition) is 1. The van der Waals surface area contributed by atoms with Crippen molar-refractivity contribution in [2.45, 2.75) is 106 Å². The summed E-state index contributed by atoms with van der Waals surface area (Å²) in [5.74, 6) is 1.77. The van der Waals surface area contributed by atoms with E-state index in [2.05, 4.69) is 85.3 Å². The van der Waals surface area contributed by atoms with E-state index in [-0.39, 0.29) is 43.5 Å². The number of aliphatic hydroxyl groups excluding tert-OH is 1. The summed E-state index contributed by atoms with van der Waals surface area (Å²) in [6, 6.07) is 31.7. The molecule has 0 aliphatic rings. The van der Waals surface area contributed by atoms with E-state index in [9.17, 15) is 9.90 Å². The molecule has 0 spiro atoms. The summed E-state index contributed by atoms with van der Waals surface area (Å²) in [6.07, 6.45) is 9.42. The number of carbonyl (C=O) groups is 1. The van der Waals surface area contributed by atoms with Gasteiger partial charge in [-0.25, -0.2) is 9.97 Å². The van der Waals surface area contributed by atoms with Crippen LogP contribution < -0.4 is 0 Å². The smallest absolute Gasteiger partial charge is 0.216 e. The van der Waals surface area contributed by atoms with Crippen molar-refractivity contribution in [3.63, 3.8) is 0 Å². The van der Waals surface area contributed by atoms with Crippen molar-refractivity contribution >= 4 is 38.8 Å². The molecule has 0 atom stereocenters. The molecule has 59 heavy (non-hydrogen) atoms. The topological polar surface area (TPSA) is 102 Å². The average molecular weight is 965 g/mol. The summed E-state index contributed by atoms with van der Waals surface area (Å²) < 4.78 is 6.39. The molecule has 8 heteroatoms. The predicted molar refractivity (Wildman–Crippen MR) is 237 cm³/mol. The summed E-state index contributed by atoms with van der Waals surface area (Å²) in [7, 11) is 0. The van der Waals surface area contributed by atoms with Gasteiger partial charge in [0.25, 0.3) is 0 Å². The van der Waals surface area contributed by atoms with Crippen molar-refractivity contribution in [3.05, 3.63) is 131 Å². The zero-order chi connectivity index (χ0) is 41.3. The Hall–Kier alpha value is -5.04. The van der Waals surface area contributed by atoms with Crippen molar-refractivity contribution in [1.29, 1.82) is 0 Å². The van der Waals surface area contributed by atoms with Gasteiger partial charge in [0.2, 0.25) is 5.71 Å². The second-order valence-electron chi connectivity index (χ2n) is 15.6. The summed E-state index contributed by atoms with van der Waals surface area (Å²) in [5, 5.41) is 12.8. The normalized spacial score (nSPS) is 11.7. The van der Waals surface area contributed by atoms with Gasteiger partial charge in [0.1, 0.15) is 5.82 Å². The maximum atomic E-state index is 11.7. The van der Waals surface area contributed by atoms with Crippen molar-refractivity contribution in [2.24, 2.45) is 11.8 Å². The first-order valence-electron chi connectivity index (χ1n) is 20.9. The van der Waals surface area contributed by atoms with Crippen molar-refractivity contribution < 1.29 is 34.4 Å². The van der Waals surface area contributed by atoms with E-state index >= 15 is 0 Å². The number of allylic oxidation sites excluding steroid dienone is 2. The van der Waals surface area contributed by atoms with Crippen LogP contribution in [0.25, 0.3) is 55.5 Å². The van der Waals surface area contributed by atoms with Crippen LogP contribution >= 0.6 is 0 Å².